The molecule has 1 heterocycles. The Morgan fingerprint density at radius 2 is 2.09 bits per heavy atom. The second-order valence-corrected chi connectivity index (χ2v) is 6.63. The average molecular weight is 354 g/mol. The minimum Gasteiger partial charge on any atom is -0.379 e. The van der Waals surface area contributed by atoms with Gasteiger partial charge in [-0.1, -0.05) is 23.7 Å². The van der Waals surface area contributed by atoms with Crippen LogP contribution in [0.15, 0.2) is 36.4 Å². The maximum Gasteiger partial charge on any atom is 0.292 e. The number of nitro groups is 1. The molecule has 0 saturated heterocycles. The topological polar surface area (TPSA) is 84.3 Å². The van der Waals surface area contributed by atoms with Gasteiger partial charge in [-0.25, -0.2) is 0 Å². The highest BCUT2D eigenvalue weighted by atomic mass is 35.5. The van der Waals surface area contributed by atoms with E-state index in [0.29, 0.717) is 16.6 Å². The molecule has 0 fully saturated rings. The molecular weight excluding hydrogens is 338 g/mol. The third-order valence-electron chi connectivity index (χ3n) is 3.17. The van der Waals surface area contributed by atoms with Crippen molar-refractivity contribution < 1.29 is 9.72 Å². The van der Waals surface area contributed by atoms with Gasteiger partial charge < -0.3 is 10.6 Å². The number of anilines is 1. The first-order chi connectivity index (χ1) is 11.0. The van der Waals surface area contributed by atoms with Gasteiger partial charge in [0.2, 0.25) is 5.91 Å². The van der Waals surface area contributed by atoms with Gasteiger partial charge in [0, 0.05) is 23.9 Å². The molecule has 0 saturated carbocycles. The molecule has 1 unspecified atom stereocenters. The van der Waals surface area contributed by atoms with Crippen LogP contribution in [0.1, 0.15) is 24.3 Å². The van der Waals surface area contributed by atoms with E-state index in [0.717, 1.165) is 4.88 Å². The Labute approximate surface area is 142 Å². The van der Waals surface area contributed by atoms with Crippen molar-refractivity contribution >= 4 is 40.2 Å². The number of hydrogen-bond acceptors (Lipinski definition) is 5. The molecule has 0 bridgehead atoms. The van der Waals surface area contributed by atoms with Gasteiger partial charge in [-0.15, -0.1) is 11.3 Å². The van der Waals surface area contributed by atoms with Crippen molar-refractivity contribution in [2.45, 2.75) is 19.4 Å². The summed E-state index contributed by atoms with van der Waals surface area (Å²) in [6.45, 7) is 2.20. The summed E-state index contributed by atoms with van der Waals surface area (Å²) in [7, 11) is 0. The molecule has 1 aromatic carbocycles. The zero-order valence-electron chi connectivity index (χ0n) is 12.4. The molecule has 0 aliphatic heterocycles. The second kappa shape index (κ2) is 7.94. The molecule has 0 spiro atoms. The van der Waals surface area contributed by atoms with E-state index >= 15 is 0 Å². The SMILES string of the molecule is CC(NC(=O)CCNc1ccccc1[N+](=O)[O-])c1ccc(Cl)s1. The Kier molecular flexibility index (Phi) is 5.95. The van der Waals surface area contributed by atoms with E-state index in [2.05, 4.69) is 10.6 Å². The fourth-order valence-electron chi connectivity index (χ4n) is 2.04. The van der Waals surface area contributed by atoms with Crippen molar-refractivity contribution in [3.8, 4) is 0 Å². The molecule has 0 aliphatic rings. The van der Waals surface area contributed by atoms with E-state index in [1.165, 1.54) is 17.4 Å². The highest BCUT2D eigenvalue weighted by Crippen LogP contribution is 2.26. The van der Waals surface area contributed by atoms with Crippen LogP contribution >= 0.6 is 22.9 Å². The standard InChI is InChI=1S/C15H16ClN3O3S/c1-10(13-6-7-14(16)23-13)18-15(20)8-9-17-11-4-2-3-5-12(11)19(21)22/h2-7,10,17H,8-9H2,1H3,(H,18,20). The fourth-order valence-corrected chi connectivity index (χ4v) is 3.10. The highest BCUT2D eigenvalue weighted by molar-refractivity contribution is 7.16. The van der Waals surface area contributed by atoms with E-state index in [1.807, 2.05) is 13.0 Å². The summed E-state index contributed by atoms with van der Waals surface area (Å²) >= 11 is 7.30. The third kappa shape index (κ3) is 4.94. The molecule has 1 aromatic heterocycles. The summed E-state index contributed by atoms with van der Waals surface area (Å²) < 4.78 is 0.680. The Morgan fingerprint density at radius 1 is 1.35 bits per heavy atom. The van der Waals surface area contributed by atoms with Crippen molar-refractivity contribution in [1.29, 1.82) is 0 Å². The van der Waals surface area contributed by atoms with Gasteiger partial charge in [0.25, 0.3) is 5.69 Å². The minimum atomic E-state index is -0.453. The largest absolute Gasteiger partial charge is 0.379 e. The molecule has 23 heavy (non-hydrogen) atoms. The number of carbonyl (C=O) groups excluding carboxylic acids is 1. The van der Waals surface area contributed by atoms with E-state index in [-0.39, 0.29) is 24.1 Å². The molecule has 0 aliphatic carbocycles. The molecule has 122 valence electrons. The normalized spacial score (nSPS) is 11.7. The van der Waals surface area contributed by atoms with Gasteiger partial charge in [-0.2, -0.15) is 0 Å². The van der Waals surface area contributed by atoms with Crippen molar-refractivity contribution in [1.82, 2.24) is 5.32 Å². The monoisotopic (exact) mass is 353 g/mol. The molecular formula is C15H16ClN3O3S. The number of thiophene rings is 1. The van der Waals surface area contributed by atoms with Crippen molar-refractivity contribution in [3.05, 3.63) is 55.7 Å². The number of nitrogens with one attached hydrogen (secondary N) is 2. The van der Waals surface area contributed by atoms with Crippen LogP contribution in [0.2, 0.25) is 4.34 Å². The van der Waals surface area contributed by atoms with Crippen molar-refractivity contribution in [2.75, 3.05) is 11.9 Å². The lowest BCUT2D eigenvalue weighted by atomic mass is 10.2. The number of nitrogens with zero attached hydrogens (tertiary/aromatic N) is 1. The maximum absolute atomic E-state index is 11.9. The summed E-state index contributed by atoms with van der Waals surface area (Å²) in [6.07, 6.45) is 0.218. The molecule has 2 rings (SSSR count). The number of carbonyl (C=O) groups is 1. The lowest BCUT2D eigenvalue weighted by Gasteiger charge is -2.12. The van der Waals surface area contributed by atoms with Gasteiger partial charge in [-0.3, -0.25) is 14.9 Å². The number of hydrogen-bond donors (Lipinski definition) is 2. The average Bonchev–Trinajstić information content (AvgIpc) is 2.94. The number of nitro benzene ring substituents is 1. The molecule has 2 N–H and O–H groups in total. The van der Waals surface area contributed by atoms with Crippen LogP contribution in [0.3, 0.4) is 0 Å². The smallest absolute Gasteiger partial charge is 0.292 e. The van der Waals surface area contributed by atoms with Crippen LogP contribution in [0.25, 0.3) is 0 Å². The lowest BCUT2D eigenvalue weighted by molar-refractivity contribution is -0.384. The summed E-state index contributed by atoms with van der Waals surface area (Å²) in [5.41, 5.74) is 0.401. The van der Waals surface area contributed by atoms with Crippen LogP contribution in [0.4, 0.5) is 11.4 Å². The van der Waals surface area contributed by atoms with Crippen LogP contribution < -0.4 is 10.6 Å². The van der Waals surface area contributed by atoms with Gasteiger partial charge in [-0.05, 0) is 25.1 Å². The molecule has 8 heteroatoms. The lowest BCUT2D eigenvalue weighted by Crippen LogP contribution is -2.27. The maximum atomic E-state index is 11.9. The first-order valence-corrected chi connectivity index (χ1v) is 8.18. The van der Waals surface area contributed by atoms with Gasteiger partial charge >= 0.3 is 0 Å². The van der Waals surface area contributed by atoms with Crippen molar-refractivity contribution in [3.63, 3.8) is 0 Å². The summed E-state index contributed by atoms with van der Waals surface area (Å²) in [4.78, 5) is 23.4. The first kappa shape index (κ1) is 17.2. The van der Waals surface area contributed by atoms with Crippen LogP contribution in [-0.2, 0) is 4.79 Å². The van der Waals surface area contributed by atoms with Gasteiger partial charge in [0.15, 0.2) is 0 Å². The first-order valence-electron chi connectivity index (χ1n) is 6.99. The second-order valence-electron chi connectivity index (χ2n) is 4.88. The highest BCUT2D eigenvalue weighted by Gasteiger charge is 2.14. The van der Waals surface area contributed by atoms with Gasteiger partial charge in [0.1, 0.15) is 5.69 Å². The minimum absolute atomic E-state index is 0.00509. The predicted molar refractivity (Wildman–Crippen MR) is 92.1 cm³/mol. The number of rotatable bonds is 7. The fraction of sp³-hybridized carbons (Fsp3) is 0.267. The summed E-state index contributed by atoms with van der Waals surface area (Å²) in [6, 6.07) is 9.90. The van der Waals surface area contributed by atoms with Crippen LogP contribution in [0, 0.1) is 10.1 Å². The molecule has 2 aromatic rings. The number of para-hydroxylation sites is 2. The van der Waals surface area contributed by atoms with E-state index in [4.69, 9.17) is 11.6 Å². The molecule has 1 amide bonds. The molecule has 1 atom stereocenters. The number of amides is 1. The third-order valence-corrected chi connectivity index (χ3v) is 4.58. The van der Waals surface area contributed by atoms with Crippen LogP contribution in [-0.4, -0.2) is 17.4 Å². The number of halogens is 1. The van der Waals surface area contributed by atoms with Crippen molar-refractivity contribution in [2.24, 2.45) is 0 Å². The summed E-state index contributed by atoms with van der Waals surface area (Å²) in [5, 5.41) is 16.7. The van der Waals surface area contributed by atoms with Gasteiger partial charge in [0.05, 0.1) is 15.3 Å². The quantitative estimate of drug-likeness (QED) is 0.582. The molecule has 6 nitrogen and oxygen atoms in total. The zero-order chi connectivity index (χ0) is 16.8. The molecule has 0 radical (unpaired) electrons. The zero-order valence-corrected chi connectivity index (χ0v) is 14.0. The summed E-state index contributed by atoms with van der Waals surface area (Å²) in [5.74, 6) is -0.131. The van der Waals surface area contributed by atoms with Crippen LogP contribution in [0.5, 0.6) is 0 Å². The Hall–Kier alpha value is -2.12. The number of benzene rings is 1. The Balaban J connectivity index is 1.82. The predicted octanol–water partition coefficient (Wildman–Crippen LogP) is 3.99. The Bertz CT molecular complexity index is 705. The van der Waals surface area contributed by atoms with E-state index in [1.54, 1.807) is 24.3 Å². The Morgan fingerprint density at radius 3 is 2.74 bits per heavy atom. The van der Waals surface area contributed by atoms with E-state index in [9.17, 15) is 14.9 Å². The van der Waals surface area contributed by atoms with E-state index < -0.39 is 4.92 Å².